The minimum Gasteiger partial charge on any atom is -0.412 e. The second-order valence-electron chi connectivity index (χ2n) is 7.84. The fourth-order valence-electron chi connectivity index (χ4n) is 2.99. The number of hydrogen-bond donors (Lipinski definition) is 0. The summed E-state index contributed by atoms with van der Waals surface area (Å²) < 4.78 is 12.2. The molecule has 22 heavy (non-hydrogen) atoms. The largest absolute Gasteiger partial charge is 0.412 e. The van der Waals surface area contributed by atoms with Gasteiger partial charge in [-0.3, -0.25) is 4.79 Å². The van der Waals surface area contributed by atoms with E-state index in [-0.39, 0.29) is 33.1 Å². The van der Waals surface area contributed by atoms with Gasteiger partial charge in [-0.25, -0.2) is 0 Å². The van der Waals surface area contributed by atoms with E-state index in [0.717, 1.165) is 6.42 Å². The van der Waals surface area contributed by atoms with E-state index in [1.807, 2.05) is 4.90 Å². The summed E-state index contributed by atoms with van der Waals surface area (Å²) in [5.41, 5.74) is 0. The smallest absolute Gasteiger partial charge is 0.243 e. The van der Waals surface area contributed by atoms with Gasteiger partial charge in [0, 0.05) is 19.7 Å². The fourth-order valence-corrected chi connectivity index (χ4v) is 6.37. The summed E-state index contributed by atoms with van der Waals surface area (Å²) in [5.74, 6) is -0.00670. The lowest BCUT2D eigenvalue weighted by Gasteiger charge is -2.40. The number of carbonyl (C=O) groups excluding carboxylic acids is 1. The van der Waals surface area contributed by atoms with Gasteiger partial charge in [-0.2, -0.15) is 0 Å². The lowest BCUT2D eigenvalue weighted by molar-refractivity contribution is -0.138. The summed E-state index contributed by atoms with van der Waals surface area (Å²) >= 11 is 8.67. The van der Waals surface area contributed by atoms with E-state index in [2.05, 4.69) is 56.5 Å². The molecule has 0 aliphatic carbocycles. The molecule has 0 aromatic heterocycles. The minimum absolute atomic E-state index is 0.00670. The average Bonchev–Trinajstić information content (AvgIpc) is 2.79. The minimum atomic E-state index is -1.83. The monoisotopic (exact) mass is 459 g/mol. The van der Waals surface area contributed by atoms with Gasteiger partial charge in [-0.1, -0.05) is 43.4 Å². The van der Waals surface area contributed by atoms with E-state index in [1.165, 1.54) is 0 Å². The first-order valence-corrected chi connectivity index (χ1v) is 12.4. The van der Waals surface area contributed by atoms with Crippen LogP contribution in [0.25, 0.3) is 0 Å². The Bertz CT molecular complexity index is 443. The fraction of sp³-hybridized carbons (Fsp3) is 0.933. The van der Waals surface area contributed by atoms with Crippen LogP contribution in [0.5, 0.6) is 0 Å². The highest BCUT2D eigenvalue weighted by molar-refractivity contribution is 14.1. The van der Waals surface area contributed by atoms with Crippen LogP contribution in [-0.2, 0) is 14.0 Å². The number of carbonyl (C=O) groups is 1. The van der Waals surface area contributed by atoms with Crippen LogP contribution in [-0.4, -0.2) is 60.3 Å². The van der Waals surface area contributed by atoms with Gasteiger partial charge in [0.15, 0.2) is 8.32 Å². The molecule has 2 rings (SSSR count). The van der Waals surface area contributed by atoms with Crippen molar-refractivity contribution < 1.29 is 14.0 Å². The molecule has 2 aliphatic heterocycles. The number of alkyl halides is 2. The van der Waals surface area contributed by atoms with E-state index in [0.29, 0.717) is 6.54 Å². The second kappa shape index (κ2) is 6.50. The van der Waals surface area contributed by atoms with Crippen molar-refractivity contribution in [2.24, 2.45) is 0 Å². The normalized spacial score (nSPS) is 36.6. The van der Waals surface area contributed by atoms with Crippen molar-refractivity contribution in [2.75, 3.05) is 13.7 Å². The summed E-state index contributed by atoms with van der Waals surface area (Å²) in [7, 11) is -0.193. The first kappa shape index (κ1) is 19.0. The molecule has 7 heteroatoms. The molecule has 1 amide bonds. The summed E-state index contributed by atoms with van der Waals surface area (Å²) in [5, 5.41) is -0.414. The molecule has 0 unspecified atom stereocenters. The van der Waals surface area contributed by atoms with Crippen molar-refractivity contribution in [3.63, 3.8) is 0 Å². The van der Waals surface area contributed by atoms with Crippen LogP contribution < -0.4 is 0 Å². The number of fused-ring (bicyclic) bond motifs is 1. The predicted molar refractivity (Wildman–Crippen MR) is 100 cm³/mol. The molecule has 128 valence electrons. The number of piperidine rings is 1. The summed E-state index contributed by atoms with van der Waals surface area (Å²) in [4.78, 5) is 14.4. The third-order valence-corrected chi connectivity index (χ3v) is 11.8. The summed E-state index contributed by atoms with van der Waals surface area (Å²) in [6, 6.07) is 0.169. The van der Waals surface area contributed by atoms with Crippen LogP contribution in [0.3, 0.4) is 0 Å². The molecule has 0 N–H and O–H groups in total. The van der Waals surface area contributed by atoms with Gasteiger partial charge in [0.1, 0.15) is 5.38 Å². The molecule has 2 heterocycles. The highest BCUT2D eigenvalue weighted by atomic mass is 127. The standard InChI is InChI=1S/C15H27ClINO3Si/c1-15(2,3)22(5,6)21-9-7-10-12(17)13(20-4)11(16)14(19)18(10)8-9/h9-13H,7-8H2,1-6H3/t9-,10-,11-,12-,13+/m0/s1. The molecule has 0 spiro atoms. The Hall–Kier alpha value is 0.627. The first-order chi connectivity index (χ1) is 9.99. The average molecular weight is 460 g/mol. The van der Waals surface area contributed by atoms with Crippen LogP contribution in [0.1, 0.15) is 27.2 Å². The van der Waals surface area contributed by atoms with E-state index in [1.54, 1.807) is 7.11 Å². The Kier molecular flexibility index (Phi) is 5.60. The molecule has 2 aliphatic rings. The summed E-state index contributed by atoms with van der Waals surface area (Å²) in [6.45, 7) is 11.9. The van der Waals surface area contributed by atoms with Gasteiger partial charge >= 0.3 is 0 Å². The Morgan fingerprint density at radius 3 is 2.45 bits per heavy atom. The Labute approximate surface area is 153 Å². The Morgan fingerprint density at radius 2 is 1.95 bits per heavy atom. The molecule has 2 fully saturated rings. The molecule has 2 saturated heterocycles. The van der Waals surface area contributed by atoms with Crippen molar-refractivity contribution >= 4 is 48.4 Å². The molecule has 0 bridgehead atoms. The maximum absolute atomic E-state index is 12.5. The Morgan fingerprint density at radius 1 is 1.36 bits per heavy atom. The number of methoxy groups -OCH3 is 1. The van der Waals surface area contributed by atoms with Crippen molar-refractivity contribution in [3.05, 3.63) is 0 Å². The maximum atomic E-state index is 12.5. The van der Waals surface area contributed by atoms with Gasteiger partial charge in [0.25, 0.3) is 0 Å². The van der Waals surface area contributed by atoms with E-state index < -0.39 is 13.7 Å². The molecular weight excluding hydrogens is 433 g/mol. The van der Waals surface area contributed by atoms with Crippen LogP contribution in [0, 0.1) is 0 Å². The quantitative estimate of drug-likeness (QED) is 0.369. The third-order valence-electron chi connectivity index (χ3n) is 5.33. The van der Waals surface area contributed by atoms with Gasteiger partial charge in [0.05, 0.1) is 16.1 Å². The van der Waals surface area contributed by atoms with Gasteiger partial charge in [-0.05, 0) is 24.6 Å². The van der Waals surface area contributed by atoms with E-state index in [4.69, 9.17) is 20.8 Å². The number of ether oxygens (including phenoxy) is 1. The Balaban J connectivity index is 2.12. The molecule has 4 nitrogen and oxygen atoms in total. The molecule has 0 aromatic rings. The number of halogens is 2. The van der Waals surface area contributed by atoms with Crippen LogP contribution in [0.2, 0.25) is 18.1 Å². The lowest BCUT2D eigenvalue weighted by Crippen LogP contribution is -2.58. The van der Waals surface area contributed by atoms with Gasteiger partial charge < -0.3 is 14.1 Å². The van der Waals surface area contributed by atoms with E-state index in [9.17, 15) is 4.79 Å². The predicted octanol–water partition coefficient (Wildman–Crippen LogP) is 3.42. The zero-order valence-electron chi connectivity index (χ0n) is 14.2. The molecule has 0 saturated carbocycles. The highest BCUT2D eigenvalue weighted by Gasteiger charge is 2.52. The summed E-state index contributed by atoms with van der Waals surface area (Å²) in [6.07, 6.45) is 0.782. The number of rotatable bonds is 3. The van der Waals surface area contributed by atoms with Gasteiger partial charge in [-0.15, -0.1) is 11.6 Å². The highest BCUT2D eigenvalue weighted by Crippen LogP contribution is 2.41. The number of amides is 1. The van der Waals surface area contributed by atoms with Crippen LogP contribution in [0.15, 0.2) is 0 Å². The van der Waals surface area contributed by atoms with Crippen molar-refractivity contribution in [2.45, 2.75) is 72.9 Å². The van der Waals surface area contributed by atoms with Gasteiger partial charge in [0.2, 0.25) is 5.91 Å². The lowest BCUT2D eigenvalue weighted by atomic mass is 9.98. The first-order valence-electron chi connectivity index (χ1n) is 7.79. The zero-order valence-corrected chi connectivity index (χ0v) is 18.1. The SMILES string of the molecule is CO[C@H]1[C@@H](I)[C@@H]2C[C@H](O[Si](C)(C)C(C)(C)C)CN2C(=O)[C@H]1Cl. The van der Waals surface area contributed by atoms with Crippen molar-refractivity contribution in [1.29, 1.82) is 0 Å². The zero-order chi connectivity index (χ0) is 16.9. The molecular formula is C15H27ClINO3Si. The molecule has 5 atom stereocenters. The number of nitrogens with zero attached hydrogens (tertiary/aromatic N) is 1. The number of hydrogen-bond acceptors (Lipinski definition) is 3. The third kappa shape index (κ3) is 3.36. The molecule has 0 radical (unpaired) electrons. The second-order valence-corrected chi connectivity index (χ2v) is 14.5. The molecule has 0 aromatic carbocycles. The van der Waals surface area contributed by atoms with Crippen LogP contribution >= 0.6 is 34.2 Å². The van der Waals surface area contributed by atoms with Crippen molar-refractivity contribution in [1.82, 2.24) is 4.90 Å². The van der Waals surface area contributed by atoms with E-state index >= 15 is 0 Å². The topological polar surface area (TPSA) is 38.8 Å². The van der Waals surface area contributed by atoms with Crippen molar-refractivity contribution in [3.8, 4) is 0 Å². The van der Waals surface area contributed by atoms with Crippen LogP contribution in [0.4, 0.5) is 0 Å². The maximum Gasteiger partial charge on any atom is 0.243 e.